The standard InChI is InChI=1S/C15H17N.C6H16N2/c1-2-16(15-11-7-4-8-12-15)13-14-9-5-3-6-10-14;1-5(2,7)6(3,4)8/h3-12H,2,13H2,1H3;7-8H2,1-4H3. The first-order chi connectivity index (χ1) is 11.1. The van der Waals surface area contributed by atoms with Gasteiger partial charge in [-0.25, -0.2) is 0 Å². The lowest BCUT2D eigenvalue weighted by Crippen LogP contribution is -2.58. The van der Waals surface area contributed by atoms with Crippen LogP contribution in [-0.2, 0) is 6.54 Å². The summed E-state index contributed by atoms with van der Waals surface area (Å²) in [5.41, 5.74) is 13.4. The van der Waals surface area contributed by atoms with E-state index in [9.17, 15) is 0 Å². The lowest BCUT2D eigenvalue weighted by Gasteiger charge is -2.34. The van der Waals surface area contributed by atoms with E-state index in [-0.39, 0.29) is 11.1 Å². The third kappa shape index (κ3) is 6.73. The summed E-state index contributed by atoms with van der Waals surface area (Å²) >= 11 is 0. The molecule has 4 N–H and O–H groups in total. The molecule has 2 rings (SSSR count). The first kappa shape index (κ1) is 20.2. The highest BCUT2D eigenvalue weighted by Crippen LogP contribution is 2.16. The zero-order valence-corrected chi connectivity index (χ0v) is 15.8. The number of hydrogen-bond acceptors (Lipinski definition) is 3. The third-order valence-corrected chi connectivity index (χ3v) is 4.38. The molecule has 132 valence electrons. The summed E-state index contributed by atoms with van der Waals surface area (Å²) in [7, 11) is 0. The minimum atomic E-state index is -0.285. The number of anilines is 1. The van der Waals surface area contributed by atoms with Gasteiger partial charge in [-0.3, -0.25) is 0 Å². The van der Waals surface area contributed by atoms with Crippen LogP contribution in [0.2, 0.25) is 0 Å². The Labute approximate surface area is 147 Å². The second kappa shape index (κ2) is 8.86. The highest BCUT2D eigenvalue weighted by atomic mass is 15.1. The molecule has 0 atom stereocenters. The molecular weight excluding hydrogens is 294 g/mol. The lowest BCUT2D eigenvalue weighted by atomic mass is 9.85. The Morgan fingerprint density at radius 3 is 1.54 bits per heavy atom. The van der Waals surface area contributed by atoms with Crippen LogP contribution in [0.4, 0.5) is 5.69 Å². The Morgan fingerprint density at radius 2 is 1.17 bits per heavy atom. The second-order valence-corrected chi connectivity index (χ2v) is 7.28. The molecule has 0 radical (unpaired) electrons. The molecule has 0 spiro atoms. The number of rotatable bonds is 5. The van der Waals surface area contributed by atoms with Crippen LogP contribution in [0.25, 0.3) is 0 Å². The molecule has 2 aromatic carbocycles. The topological polar surface area (TPSA) is 55.3 Å². The van der Waals surface area contributed by atoms with E-state index in [1.54, 1.807) is 0 Å². The van der Waals surface area contributed by atoms with Crippen LogP contribution in [-0.4, -0.2) is 17.6 Å². The predicted octanol–water partition coefficient (Wildman–Crippen LogP) is 4.17. The van der Waals surface area contributed by atoms with Gasteiger partial charge >= 0.3 is 0 Å². The summed E-state index contributed by atoms with van der Waals surface area (Å²) in [6, 6.07) is 21.1. The van der Waals surface area contributed by atoms with Crippen molar-refractivity contribution >= 4 is 5.69 Å². The molecule has 3 heteroatoms. The molecule has 0 aromatic heterocycles. The van der Waals surface area contributed by atoms with Crippen LogP contribution in [0, 0.1) is 0 Å². The molecule has 0 fully saturated rings. The SMILES string of the molecule is CC(C)(N)C(C)(C)N.CCN(Cc1ccccc1)c1ccccc1. The number of nitrogens with two attached hydrogens (primary N) is 2. The van der Waals surface area contributed by atoms with Crippen LogP contribution in [0.5, 0.6) is 0 Å². The Hall–Kier alpha value is -1.84. The van der Waals surface area contributed by atoms with E-state index in [2.05, 4.69) is 72.5 Å². The van der Waals surface area contributed by atoms with Crippen LogP contribution < -0.4 is 16.4 Å². The number of para-hydroxylation sites is 1. The van der Waals surface area contributed by atoms with Crippen molar-refractivity contribution < 1.29 is 0 Å². The minimum Gasteiger partial charge on any atom is -0.367 e. The average Bonchev–Trinajstić information content (AvgIpc) is 2.53. The van der Waals surface area contributed by atoms with Crippen molar-refractivity contribution in [2.24, 2.45) is 11.5 Å². The van der Waals surface area contributed by atoms with Gasteiger partial charge in [-0.05, 0) is 52.3 Å². The van der Waals surface area contributed by atoms with E-state index in [4.69, 9.17) is 11.5 Å². The third-order valence-electron chi connectivity index (χ3n) is 4.38. The number of hydrogen-bond donors (Lipinski definition) is 2. The summed E-state index contributed by atoms with van der Waals surface area (Å²) in [5.74, 6) is 0. The zero-order chi connectivity index (χ0) is 18.2. The number of nitrogens with zero attached hydrogens (tertiary/aromatic N) is 1. The monoisotopic (exact) mass is 327 g/mol. The molecule has 0 saturated carbocycles. The highest BCUT2D eigenvalue weighted by molar-refractivity contribution is 5.46. The van der Waals surface area contributed by atoms with E-state index in [0.29, 0.717) is 0 Å². The van der Waals surface area contributed by atoms with E-state index in [1.165, 1.54) is 11.3 Å². The van der Waals surface area contributed by atoms with Gasteiger partial charge in [0, 0.05) is 29.9 Å². The molecule has 24 heavy (non-hydrogen) atoms. The quantitative estimate of drug-likeness (QED) is 0.866. The second-order valence-electron chi connectivity index (χ2n) is 7.28. The molecular formula is C21H33N3. The largest absolute Gasteiger partial charge is 0.367 e. The Morgan fingerprint density at radius 1 is 0.750 bits per heavy atom. The summed E-state index contributed by atoms with van der Waals surface area (Å²) in [6.07, 6.45) is 0. The van der Waals surface area contributed by atoms with Gasteiger partial charge < -0.3 is 16.4 Å². The number of benzene rings is 2. The molecule has 0 aliphatic heterocycles. The van der Waals surface area contributed by atoms with Crippen molar-refractivity contribution in [1.29, 1.82) is 0 Å². The lowest BCUT2D eigenvalue weighted by molar-refractivity contribution is 0.309. The first-order valence-corrected chi connectivity index (χ1v) is 8.57. The Balaban J connectivity index is 0.000000307. The minimum absolute atomic E-state index is 0.285. The average molecular weight is 328 g/mol. The molecule has 0 aliphatic carbocycles. The summed E-state index contributed by atoms with van der Waals surface area (Å²) in [5, 5.41) is 0. The summed E-state index contributed by atoms with van der Waals surface area (Å²) in [6.45, 7) is 11.9. The smallest absolute Gasteiger partial charge is 0.0429 e. The molecule has 3 nitrogen and oxygen atoms in total. The predicted molar refractivity (Wildman–Crippen MR) is 106 cm³/mol. The molecule has 0 unspecified atom stereocenters. The van der Waals surface area contributed by atoms with Crippen LogP contribution >= 0.6 is 0 Å². The van der Waals surface area contributed by atoms with Crippen molar-refractivity contribution in [3.05, 3.63) is 66.2 Å². The van der Waals surface area contributed by atoms with Crippen molar-refractivity contribution in [2.45, 2.75) is 52.2 Å². The molecule has 0 heterocycles. The fraction of sp³-hybridized carbons (Fsp3) is 0.429. The van der Waals surface area contributed by atoms with E-state index in [0.717, 1.165) is 13.1 Å². The summed E-state index contributed by atoms with van der Waals surface area (Å²) < 4.78 is 0. The summed E-state index contributed by atoms with van der Waals surface area (Å²) in [4.78, 5) is 2.37. The fourth-order valence-corrected chi connectivity index (χ4v) is 1.83. The van der Waals surface area contributed by atoms with Gasteiger partial charge in [-0.2, -0.15) is 0 Å². The maximum atomic E-state index is 5.69. The van der Waals surface area contributed by atoms with Crippen LogP contribution in [0.15, 0.2) is 60.7 Å². The van der Waals surface area contributed by atoms with Crippen molar-refractivity contribution in [1.82, 2.24) is 0 Å². The molecule has 0 amide bonds. The van der Waals surface area contributed by atoms with Gasteiger partial charge in [0.05, 0.1) is 0 Å². The molecule has 0 saturated heterocycles. The van der Waals surface area contributed by atoms with Gasteiger partial charge in [0.1, 0.15) is 0 Å². The van der Waals surface area contributed by atoms with E-state index in [1.807, 2.05) is 27.7 Å². The van der Waals surface area contributed by atoms with Crippen molar-refractivity contribution in [3.63, 3.8) is 0 Å². The molecule has 0 bridgehead atoms. The Kier molecular flexibility index (Phi) is 7.46. The van der Waals surface area contributed by atoms with Gasteiger partial charge in [0.15, 0.2) is 0 Å². The maximum Gasteiger partial charge on any atom is 0.0429 e. The van der Waals surface area contributed by atoms with Crippen molar-refractivity contribution in [2.75, 3.05) is 11.4 Å². The van der Waals surface area contributed by atoms with Gasteiger partial charge in [-0.1, -0.05) is 48.5 Å². The zero-order valence-electron chi connectivity index (χ0n) is 15.8. The highest BCUT2D eigenvalue weighted by Gasteiger charge is 2.28. The first-order valence-electron chi connectivity index (χ1n) is 8.57. The van der Waals surface area contributed by atoms with E-state index >= 15 is 0 Å². The molecule has 0 aliphatic rings. The molecule has 2 aromatic rings. The maximum absolute atomic E-state index is 5.69. The van der Waals surface area contributed by atoms with Gasteiger partial charge in [0.2, 0.25) is 0 Å². The van der Waals surface area contributed by atoms with E-state index < -0.39 is 0 Å². The normalized spacial score (nSPS) is 11.5. The Bertz CT molecular complexity index is 554. The van der Waals surface area contributed by atoms with Gasteiger partial charge in [0.25, 0.3) is 0 Å². The van der Waals surface area contributed by atoms with Crippen LogP contribution in [0.1, 0.15) is 40.2 Å². The van der Waals surface area contributed by atoms with Gasteiger partial charge in [-0.15, -0.1) is 0 Å². The fourth-order valence-electron chi connectivity index (χ4n) is 1.83. The van der Waals surface area contributed by atoms with Crippen LogP contribution in [0.3, 0.4) is 0 Å². The van der Waals surface area contributed by atoms with Crippen molar-refractivity contribution in [3.8, 4) is 0 Å².